The Morgan fingerprint density at radius 2 is 1.95 bits per heavy atom. The first-order valence-electron chi connectivity index (χ1n) is 7.44. The highest BCUT2D eigenvalue weighted by Crippen LogP contribution is 2.25. The smallest absolute Gasteiger partial charge is 0.322 e. The Morgan fingerprint density at radius 3 is 2.65 bits per heavy atom. The monoisotopic (exact) mass is 298 g/mol. The van der Waals surface area contributed by atoms with Gasteiger partial charge in [0.05, 0.1) is 6.61 Å². The van der Waals surface area contributed by atoms with Crippen molar-refractivity contribution in [3.8, 4) is 6.01 Å². The van der Waals surface area contributed by atoms with Gasteiger partial charge in [0.25, 0.3) is 0 Å². The van der Waals surface area contributed by atoms with Gasteiger partial charge < -0.3 is 9.64 Å². The second-order valence-electron chi connectivity index (χ2n) is 5.42. The number of hydrogen-bond donors (Lipinski definition) is 0. The van der Waals surface area contributed by atoms with Crippen LogP contribution in [-0.2, 0) is 0 Å². The van der Waals surface area contributed by atoms with Crippen LogP contribution in [0.2, 0.25) is 5.28 Å². The van der Waals surface area contributed by atoms with Crippen molar-refractivity contribution in [3.63, 3.8) is 0 Å². The van der Waals surface area contributed by atoms with E-state index in [2.05, 4.69) is 19.9 Å². The zero-order chi connectivity index (χ0) is 14.4. The molecule has 20 heavy (non-hydrogen) atoms. The number of ether oxygens (including phenoxy) is 1. The molecule has 0 aliphatic heterocycles. The lowest BCUT2D eigenvalue weighted by Gasteiger charge is -2.27. The normalized spacial score (nSPS) is 16.1. The van der Waals surface area contributed by atoms with E-state index in [1.54, 1.807) is 0 Å². The van der Waals surface area contributed by atoms with Gasteiger partial charge in [-0.05, 0) is 36.8 Å². The molecule has 0 aromatic carbocycles. The van der Waals surface area contributed by atoms with E-state index in [4.69, 9.17) is 16.3 Å². The first-order valence-corrected chi connectivity index (χ1v) is 7.82. The Hall–Kier alpha value is -1.10. The summed E-state index contributed by atoms with van der Waals surface area (Å²) in [5.74, 6) is 1.32. The van der Waals surface area contributed by atoms with Crippen molar-refractivity contribution < 1.29 is 4.74 Å². The topological polar surface area (TPSA) is 51.1 Å². The molecule has 0 unspecified atom stereocenters. The predicted octanol–water partition coefficient (Wildman–Crippen LogP) is 3.33. The average molecular weight is 299 g/mol. The molecule has 1 saturated carbocycles. The standard InChI is InChI=1S/C14H23ClN4O/c1-3-9-20-14-17-12(15)16-13(18-14)19(2)10-11-7-5-4-6-8-11/h11H,3-10H2,1-2H3. The van der Waals surface area contributed by atoms with Crippen molar-refractivity contribution in [2.75, 3.05) is 25.1 Å². The predicted molar refractivity (Wildman–Crippen MR) is 80.5 cm³/mol. The van der Waals surface area contributed by atoms with Crippen molar-refractivity contribution in [2.24, 2.45) is 5.92 Å². The second kappa shape index (κ2) is 7.62. The highest BCUT2D eigenvalue weighted by molar-refractivity contribution is 6.28. The summed E-state index contributed by atoms with van der Waals surface area (Å²) in [6.45, 7) is 3.60. The summed E-state index contributed by atoms with van der Waals surface area (Å²) in [5.41, 5.74) is 0. The highest BCUT2D eigenvalue weighted by atomic mass is 35.5. The third-order valence-corrected chi connectivity index (χ3v) is 3.78. The van der Waals surface area contributed by atoms with Gasteiger partial charge in [-0.1, -0.05) is 26.2 Å². The molecule has 2 rings (SSSR count). The molecular formula is C14H23ClN4O. The van der Waals surface area contributed by atoms with Crippen molar-refractivity contribution in [1.82, 2.24) is 15.0 Å². The fraction of sp³-hybridized carbons (Fsp3) is 0.786. The number of nitrogens with zero attached hydrogens (tertiary/aromatic N) is 4. The summed E-state index contributed by atoms with van der Waals surface area (Å²) in [5, 5.41) is 0.191. The largest absolute Gasteiger partial charge is 0.463 e. The summed E-state index contributed by atoms with van der Waals surface area (Å²) in [6.07, 6.45) is 7.54. The van der Waals surface area contributed by atoms with Gasteiger partial charge in [0.1, 0.15) is 0 Å². The van der Waals surface area contributed by atoms with E-state index in [-0.39, 0.29) is 5.28 Å². The third kappa shape index (κ3) is 4.47. The van der Waals surface area contributed by atoms with Crippen molar-refractivity contribution >= 4 is 17.5 Å². The second-order valence-corrected chi connectivity index (χ2v) is 5.76. The van der Waals surface area contributed by atoms with Gasteiger partial charge in [-0.25, -0.2) is 0 Å². The van der Waals surface area contributed by atoms with Crippen LogP contribution in [0.15, 0.2) is 0 Å². The summed E-state index contributed by atoms with van der Waals surface area (Å²) in [6, 6.07) is 0.317. The average Bonchev–Trinajstić information content (AvgIpc) is 2.45. The molecule has 1 aromatic heterocycles. The van der Waals surface area contributed by atoms with Gasteiger partial charge in [0, 0.05) is 13.6 Å². The van der Waals surface area contributed by atoms with Gasteiger partial charge in [-0.15, -0.1) is 0 Å². The first kappa shape index (κ1) is 15.3. The molecule has 0 amide bonds. The molecule has 0 saturated heterocycles. The number of anilines is 1. The fourth-order valence-electron chi connectivity index (χ4n) is 2.59. The van der Waals surface area contributed by atoms with Crippen LogP contribution in [-0.4, -0.2) is 35.2 Å². The van der Waals surface area contributed by atoms with Gasteiger partial charge in [0.15, 0.2) is 0 Å². The van der Waals surface area contributed by atoms with Gasteiger partial charge in [-0.3, -0.25) is 0 Å². The Balaban J connectivity index is 2.00. The third-order valence-electron chi connectivity index (χ3n) is 3.61. The van der Waals surface area contributed by atoms with E-state index in [1.807, 2.05) is 14.0 Å². The van der Waals surface area contributed by atoms with Crippen molar-refractivity contribution in [1.29, 1.82) is 0 Å². The quantitative estimate of drug-likeness (QED) is 0.806. The van der Waals surface area contributed by atoms with Crippen LogP contribution in [0.5, 0.6) is 6.01 Å². The first-order chi connectivity index (χ1) is 9.69. The summed E-state index contributed by atoms with van der Waals surface area (Å²) >= 11 is 5.95. The SMILES string of the molecule is CCCOc1nc(Cl)nc(N(C)CC2CCCCC2)n1. The van der Waals surface area contributed by atoms with E-state index in [1.165, 1.54) is 32.1 Å². The van der Waals surface area contributed by atoms with Crippen molar-refractivity contribution in [2.45, 2.75) is 45.4 Å². The van der Waals surface area contributed by atoms with Gasteiger partial charge >= 0.3 is 6.01 Å². The van der Waals surface area contributed by atoms with Gasteiger partial charge in [-0.2, -0.15) is 15.0 Å². The maximum atomic E-state index is 5.95. The van der Waals surface area contributed by atoms with Crippen LogP contribution in [0, 0.1) is 5.92 Å². The summed E-state index contributed by atoms with van der Waals surface area (Å²) in [7, 11) is 2.00. The molecule has 0 N–H and O–H groups in total. The lowest BCUT2D eigenvalue weighted by molar-refractivity contribution is 0.291. The minimum atomic E-state index is 0.191. The van der Waals surface area contributed by atoms with Crippen LogP contribution in [0.1, 0.15) is 45.4 Å². The van der Waals surface area contributed by atoms with Crippen LogP contribution in [0.4, 0.5) is 5.95 Å². The molecule has 0 spiro atoms. The maximum absolute atomic E-state index is 5.95. The molecule has 0 bridgehead atoms. The molecule has 1 fully saturated rings. The van der Waals surface area contributed by atoms with E-state index in [0.717, 1.165) is 18.9 Å². The minimum Gasteiger partial charge on any atom is -0.463 e. The maximum Gasteiger partial charge on any atom is 0.322 e. The zero-order valence-corrected chi connectivity index (χ0v) is 13.1. The van der Waals surface area contributed by atoms with Crippen LogP contribution in [0.3, 0.4) is 0 Å². The molecule has 1 heterocycles. The van der Waals surface area contributed by atoms with Crippen LogP contribution >= 0.6 is 11.6 Å². The molecule has 112 valence electrons. The molecule has 1 aliphatic rings. The Labute approximate surface area is 125 Å². The number of aromatic nitrogens is 3. The number of halogens is 1. The Bertz CT molecular complexity index is 424. The van der Waals surface area contributed by atoms with E-state index < -0.39 is 0 Å². The molecule has 6 heteroatoms. The molecule has 1 aliphatic carbocycles. The zero-order valence-electron chi connectivity index (χ0n) is 12.3. The summed E-state index contributed by atoms with van der Waals surface area (Å²) in [4.78, 5) is 14.6. The molecule has 0 atom stereocenters. The highest BCUT2D eigenvalue weighted by Gasteiger charge is 2.18. The number of hydrogen-bond acceptors (Lipinski definition) is 5. The van der Waals surface area contributed by atoms with Crippen LogP contribution in [0.25, 0.3) is 0 Å². The van der Waals surface area contributed by atoms with E-state index in [9.17, 15) is 0 Å². The molecule has 5 nitrogen and oxygen atoms in total. The van der Waals surface area contributed by atoms with Crippen molar-refractivity contribution in [3.05, 3.63) is 5.28 Å². The van der Waals surface area contributed by atoms with E-state index in [0.29, 0.717) is 18.6 Å². The Kier molecular flexibility index (Phi) is 5.83. The fourth-order valence-corrected chi connectivity index (χ4v) is 2.74. The molecule has 1 aromatic rings. The lowest BCUT2D eigenvalue weighted by Crippen LogP contribution is -2.28. The Morgan fingerprint density at radius 1 is 1.20 bits per heavy atom. The number of rotatable bonds is 6. The lowest BCUT2D eigenvalue weighted by atomic mass is 9.89. The molecule has 0 radical (unpaired) electrons. The minimum absolute atomic E-state index is 0.191. The summed E-state index contributed by atoms with van der Waals surface area (Å²) < 4.78 is 5.44. The van der Waals surface area contributed by atoms with Crippen LogP contribution < -0.4 is 9.64 Å². The van der Waals surface area contributed by atoms with E-state index >= 15 is 0 Å². The van der Waals surface area contributed by atoms with Gasteiger partial charge in [0.2, 0.25) is 11.2 Å². The molecular weight excluding hydrogens is 276 g/mol.